The number of fused-ring (bicyclic) bond motifs is 3. The van der Waals surface area contributed by atoms with Crippen molar-refractivity contribution in [2.24, 2.45) is 0 Å². The molecule has 0 saturated heterocycles. The molecule has 0 aliphatic heterocycles. The monoisotopic (exact) mass is 320 g/mol. The highest BCUT2D eigenvalue weighted by atomic mass is 16.5. The molecule has 0 atom stereocenters. The van der Waals surface area contributed by atoms with E-state index in [1.807, 2.05) is 36.4 Å². The Morgan fingerprint density at radius 3 is 2.75 bits per heavy atom. The predicted octanol–water partition coefficient (Wildman–Crippen LogP) is 2.36. The molecule has 6 heteroatoms. The topological polar surface area (TPSA) is 61.4 Å². The number of pyridine rings is 1. The third-order valence-electron chi connectivity index (χ3n) is 4.09. The largest absolute Gasteiger partial charge is 0.383 e. The van der Waals surface area contributed by atoms with E-state index in [-0.39, 0.29) is 5.56 Å². The maximum atomic E-state index is 12.6. The quantitative estimate of drug-likeness (QED) is 0.579. The number of methoxy groups -OCH3 is 1. The van der Waals surface area contributed by atoms with Crippen LogP contribution in [0.3, 0.4) is 0 Å². The van der Waals surface area contributed by atoms with Crippen LogP contribution >= 0.6 is 0 Å². The van der Waals surface area contributed by atoms with Crippen LogP contribution in [0.1, 0.15) is 0 Å². The molecular formula is C18H16N4O2. The molecule has 4 aromatic rings. The van der Waals surface area contributed by atoms with Crippen molar-refractivity contribution in [3.63, 3.8) is 0 Å². The van der Waals surface area contributed by atoms with Gasteiger partial charge in [0, 0.05) is 31.6 Å². The summed E-state index contributed by atoms with van der Waals surface area (Å²) >= 11 is 0. The van der Waals surface area contributed by atoms with Gasteiger partial charge in [-0.15, -0.1) is 0 Å². The fourth-order valence-corrected chi connectivity index (χ4v) is 2.84. The first-order chi connectivity index (χ1) is 11.8. The molecule has 120 valence electrons. The van der Waals surface area contributed by atoms with Gasteiger partial charge in [-0.3, -0.25) is 4.79 Å². The van der Waals surface area contributed by atoms with Crippen LogP contribution in [0.2, 0.25) is 0 Å². The highest BCUT2D eigenvalue weighted by Gasteiger charge is 2.12. The molecular weight excluding hydrogens is 304 g/mol. The summed E-state index contributed by atoms with van der Waals surface area (Å²) in [6.07, 6.45) is 5.19. The van der Waals surface area contributed by atoms with E-state index in [0.717, 1.165) is 22.3 Å². The van der Waals surface area contributed by atoms with Gasteiger partial charge in [-0.2, -0.15) is 5.10 Å². The van der Waals surface area contributed by atoms with Crippen molar-refractivity contribution in [2.75, 3.05) is 13.7 Å². The maximum absolute atomic E-state index is 12.6. The van der Waals surface area contributed by atoms with E-state index in [1.165, 1.54) is 0 Å². The Hall–Kier alpha value is -2.99. The molecule has 0 N–H and O–H groups in total. The van der Waals surface area contributed by atoms with Gasteiger partial charge in [0.2, 0.25) is 0 Å². The van der Waals surface area contributed by atoms with Gasteiger partial charge in [0.1, 0.15) is 0 Å². The average molecular weight is 320 g/mol. The first-order valence-corrected chi connectivity index (χ1v) is 7.70. The van der Waals surface area contributed by atoms with E-state index in [9.17, 15) is 4.79 Å². The van der Waals surface area contributed by atoms with E-state index >= 15 is 0 Å². The van der Waals surface area contributed by atoms with E-state index in [4.69, 9.17) is 4.74 Å². The molecule has 3 heterocycles. The van der Waals surface area contributed by atoms with Crippen molar-refractivity contribution in [1.82, 2.24) is 19.2 Å². The van der Waals surface area contributed by atoms with E-state index < -0.39 is 0 Å². The number of ether oxygens (including phenoxy) is 1. The zero-order valence-corrected chi connectivity index (χ0v) is 13.2. The van der Waals surface area contributed by atoms with Crippen molar-refractivity contribution >= 4 is 16.6 Å². The van der Waals surface area contributed by atoms with E-state index in [2.05, 4.69) is 10.1 Å². The zero-order valence-electron chi connectivity index (χ0n) is 13.2. The van der Waals surface area contributed by atoms with Gasteiger partial charge in [0.15, 0.2) is 5.65 Å². The van der Waals surface area contributed by atoms with Gasteiger partial charge >= 0.3 is 0 Å². The molecule has 4 rings (SSSR count). The molecule has 0 radical (unpaired) electrons. The van der Waals surface area contributed by atoms with Gasteiger partial charge in [-0.05, 0) is 11.6 Å². The van der Waals surface area contributed by atoms with Gasteiger partial charge < -0.3 is 9.30 Å². The van der Waals surface area contributed by atoms with Crippen LogP contribution < -0.4 is 5.56 Å². The summed E-state index contributed by atoms with van der Waals surface area (Å²) in [4.78, 5) is 17.1. The second-order valence-electron chi connectivity index (χ2n) is 5.52. The Balaban J connectivity index is 1.92. The number of rotatable bonds is 4. The second kappa shape index (κ2) is 5.90. The summed E-state index contributed by atoms with van der Waals surface area (Å²) < 4.78 is 8.39. The highest BCUT2D eigenvalue weighted by Crippen LogP contribution is 2.24. The molecule has 0 unspecified atom stereocenters. The molecule has 3 aromatic heterocycles. The minimum absolute atomic E-state index is 0.0873. The van der Waals surface area contributed by atoms with Gasteiger partial charge in [-0.1, -0.05) is 30.3 Å². The van der Waals surface area contributed by atoms with Crippen LogP contribution in [0.25, 0.3) is 27.7 Å². The summed E-state index contributed by atoms with van der Waals surface area (Å²) in [6.45, 7) is 0.999. The zero-order chi connectivity index (χ0) is 16.5. The average Bonchev–Trinajstić information content (AvgIpc) is 3.06. The van der Waals surface area contributed by atoms with Gasteiger partial charge in [0.25, 0.3) is 5.56 Å². The van der Waals surface area contributed by atoms with Crippen LogP contribution in [-0.2, 0) is 11.3 Å². The third-order valence-corrected chi connectivity index (χ3v) is 4.09. The fourth-order valence-electron chi connectivity index (χ4n) is 2.84. The molecule has 0 aliphatic carbocycles. The smallest absolute Gasteiger partial charge is 0.261 e. The van der Waals surface area contributed by atoms with Crippen LogP contribution in [-0.4, -0.2) is 32.9 Å². The number of hydrogen-bond acceptors (Lipinski definition) is 4. The Kier molecular flexibility index (Phi) is 3.59. The third kappa shape index (κ3) is 2.28. The van der Waals surface area contributed by atoms with Crippen molar-refractivity contribution in [3.8, 4) is 11.1 Å². The first-order valence-electron chi connectivity index (χ1n) is 7.70. The number of hydrogen-bond donors (Lipinski definition) is 0. The molecule has 0 saturated carbocycles. The molecule has 0 bridgehead atoms. The molecule has 0 amide bonds. The lowest BCUT2D eigenvalue weighted by Crippen LogP contribution is -2.22. The Labute approximate surface area is 137 Å². The SMILES string of the molecule is COCCn1ccc2c(cnc3c(-c4ccccc4)cnn32)c1=O. The van der Waals surface area contributed by atoms with E-state index in [1.54, 1.807) is 34.8 Å². The highest BCUT2D eigenvalue weighted by molar-refractivity contribution is 5.84. The normalized spacial score (nSPS) is 11.4. The summed E-state index contributed by atoms with van der Waals surface area (Å²) in [5, 5.41) is 4.98. The molecule has 1 aromatic carbocycles. The lowest BCUT2D eigenvalue weighted by molar-refractivity contribution is 0.186. The van der Waals surface area contributed by atoms with Crippen molar-refractivity contribution in [2.45, 2.75) is 6.54 Å². The standard InChI is InChI=1S/C18H16N4O2/c1-24-10-9-21-8-7-16-15(18(21)23)11-19-17-14(12-20-22(16)17)13-5-3-2-4-6-13/h2-8,11-12H,9-10H2,1H3. The maximum Gasteiger partial charge on any atom is 0.261 e. The number of aromatic nitrogens is 4. The Morgan fingerprint density at radius 1 is 1.12 bits per heavy atom. The minimum atomic E-state index is -0.0873. The van der Waals surface area contributed by atoms with Crippen molar-refractivity contribution in [1.29, 1.82) is 0 Å². The molecule has 0 fully saturated rings. The summed E-state index contributed by atoms with van der Waals surface area (Å²) in [5.74, 6) is 0. The molecule has 24 heavy (non-hydrogen) atoms. The summed E-state index contributed by atoms with van der Waals surface area (Å²) in [5.41, 5.74) is 3.40. The number of nitrogens with zero attached hydrogens (tertiary/aromatic N) is 4. The van der Waals surface area contributed by atoms with Gasteiger partial charge in [0.05, 0.1) is 23.7 Å². The second-order valence-corrected chi connectivity index (χ2v) is 5.52. The predicted molar refractivity (Wildman–Crippen MR) is 92.1 cm³/mol. The molecule has 6 nitrogen and oxygen atoms in total. The lowest BCUT2D eigenvalue weighted by Gasteiger charge is -2.07. The van der Waals surface area contributed by atoms with Crippen LogP contribution in [0.5, 0.6) is 0 Å². The minimum Gasteiger partial charge on any atom is -0.383 e. The molecule has 0 spiro atoms. The Bertz CT molecular complexity index is 1070. The van der Waals surface area contributed by atoms with Crippen LogP contribution in [0, 0.1) is 0 Å². The van der Waals surface area contributed by atoms with Crippen molar-refractivity contribution < 1.29 is 4.74 Å². The number of benzene rings is 1. The lowest BCUT2D eigenvalue weighted by atomic mass is 10.1. The summed E-state index contributed by atoms with van der Waals surface area (Å²) in [6, 6.07) is 11.9. The first kappa shape index (κ1) is 14.6. The van der Waals surface area contributed by atoms with Crippen LogP contribution in [0.15, 0.2) is 59.8 Å². The van der Waals surface area contributed by atoms with Crippen LogP contribution in [0.4, 0.5) is 0 Å². The fraction of sp³-hybridized carbons (Fsp3) is 0.167. The van der Waals surface area contributed by atoms with E-state index in [0.29, 0.717) is 18.5 Å². The molecule has 0 aliphatic rings. The Morgan fingerprint density at radius 2 is 1.96 bits per heavy atom. The summed E-state index contributed by atoms with van der Waals surface area (Å²) in [7, 11) is 1.62. The van der Waals surface area contributed by atoms with Crippen molar-refractivity contribution in [3.05, 3.63) is 65.3 Å². The van der Waals surface area contributed by atoms with Gasteiger partial charge in [-0.25, -0.2) is 9.50 Å².